The number of aliphatic hydroxyl groups is 1. The summed E-state index contributed by atoms with van der Waals surface area (Å²) in [5, 5.41) is 11.4. The van der Waals surface area contributed by atoms with Gasteiger partial charge in [0.2, 0.25) is 0 Å². The molecule has 0 fully saturated rings. The Morgan fingerprint density at radius 2 is 0.848 bits per heavy atom. The Morgan fingerprint density at radius 3 is 1.15 bits per heavy atom. The number of pyridine rings is 3. The van der Waals surface area contributed by atoms with Gasteiger partial charge in [0, 0.05) is 87.4 Å². The molecule has 0 saturated carbocycles. The number of aromatic nitrogens is 3. The van der Waals surface area contributed by atoms with Crippen molar-refractivity contribution in [1.82, 2.24) is 15.0 Å². The number of hydrogen-bond acceptors (Lipinski definition) is 8. The van der Waals surface area contributed by atoms with Gasteiger partial charge in [0.25, 0.3) is 0 Å². The fourth-order valence-corrected chi connectivity index (χ4v) is 6.80. The summed E-state index contributed by atoms with van der Waals surface area (Å²) in [4.78, 5) is 23.3. The second-order valence-corrected chi connectivity index (χ2v) is 18.6. The summed E-state index contributed by atoms with van der Waals surface area (Å²) in [5.74, 6) is -0.312. The molecule has 0 spiro atoms. The van der Waals surface area contributed by atoms with E-state index >= 15 is 0 Å². The first-order valence-corrected chi connectivity index (χ1v) is 21.2. The molecule has 0 bridgehead atoms. The molecule has 0 unspecified atom stereocenters. The van der Waals surface area contributed by atoms with E-state index in [2.05, 4.69) is 156 Å². The zero-order valence-electron chi connectivity index (χ0n) is 39.3. The Labute approximate surface area is 415 Å². The maximum absolute atomic E-state index is 9.96. The predicted molar refractivity (Wildman–Crippen MR) is 258 cm³/mol. The first kappa shape index (κ1) is 52.8. The molecule has 6 heterocycles. The molecule has 0 atom stereocenters. The number of benzene rings is 3. The van der Waals surface area contributed by atoms with E-state index in [1.165, 1.54) is 30.5 Å². The monoisotopic (exact) mass is 1240 g/mol. The molecule has 66 heavy (non-hydrogen) atoms. The molecule has 9 rings (SSSR count). The van der Waals surface area contributed by atoms with Gasteiger partial charge in [-0.15, -0.1) is 70.8 Å². The molecule has 0 amide bonds. The molecule has 344 valence electrons. The maximum atomic E-state index is 9.96. The summed E-state index contributed by atoms with van der Waals surface area (Å²) in [6.07, 6.45) is 12.6. The second kappa shape index (κ2) is 22.6. The van der Waals surface area contributed by atoms with E-state index in [1.807, 2.05) is 36.4 Å². The van der Waals surface area contributed by atoms with Crippen molar-refractivity contribution >= 4 is 38.7 Å². The van der Waals surface area contributed by atoms with Crippen LogP contribution >= 0.6 is 0 Å². The van der Waals surface area contributed by atoms with E-state index in [0.717, 1.165) is 66.7 Å². The molecule has 0 aliphatic rings. The molecular formula is C56H56Ir2N3O5-. The minimum absolute atomic E-state index is 0. The fourth-order valence-electron chi connectivity index (χ4n) is 6.80. The standard InChI is InChI=1S/C17H17NO.2C17H16NO.C5H6O2.2Ir/c3*1-17(2,3)13-6-4-12(5-7-13)16-14-9-11-19-15(14)8-10-18-16;1-4(6)3-5(2)7;;/h4-11H,1-3H3;2*4,6-11H,1-3H3;1-2H3;;/q;2*-1;;;/p+1. The van der Waals surface area contributed by atoms with Gasteiger partial charge in [-0.05, 0) is 69.6 Å². The number of fused-ring (bicyclic) bond motifs is 3. The van der Waals surface area contributed by atoms with Gasteiger partial charge in [-0.25, -0.2) is 4.79 Å². The zero-order valence-corrected chi connectivity index (χ0v) is 44.1. The summed E-state index contributed by atoms with van der Waals surface area (Å²) in [7, 11) is 0. The first-order chi connectivity index (χ1) is 30.3. The Kier molecular flexibility index (Phi) is 18.0. The molecule has 1 N–H and O–H groups in total. The van der Waals surface area contributed by atoms with Crippen molar-refractivity contribution in [3.8, 4) is 33.8 Å². The predicted octanol–water partition coefficient (Wildman–Crippen LogP) is 14.8. The van der Waals surface area contributed by atoms with Gasteiger partial charge in [0.15, 0.2) is 0 Å². The van der Waals surface area contributed by atoms with Gasteiger partial charge < -0.3 is 28.3 Å². The number of carbonyl (C=O) groups excluding carboxylic acids is 1. The Bertz CT molecular complexity index is 2670. The van der Waals surface area contributed by atoms with E-state index in [1.54, 1.807) is 37.4 Å². The van der Waals surface area contributed by atoms with Crippen molar-refractivity contribution in [2.24, 2.45) is 0 Å². The van der Waals surface area contributed by atoms with Crippen LogP contribution in [0.1, 0.15) is 92.9 Å². The summed E-state index contributed by atoms with van der Waals surface area (Å²) >= 11 is 0. The first-order valence-electron chi connectivity index (χ1n) is 21.2. The van der Waals surface area contributed by atoms with Crippen molar-refractivity contribution in [2.75, 3.05) is 0 Å². The molecule has 0 aliphatic heterocycles. The number of rotatable bonds is 4. The molecule has 0 aliphatic carbocycles. The Morgan fingerprint density at radius 1 is 0.500 bits per heavy atom. The quantitative estimate of drug-likeness (QED) is 0.105. The Balaban J connectivity index is 0.000000199. The number of hydrogen-bond donors (Lipinski definition) is 1. The van der Waals surface area contributed by atoms with Crippen LogP contribution in [-0.4, -0.2) is 25.8 Å². The van der Waals surface area contributed by atoms with Crippen LogP contribution in [0, 0.1) is 18.2 Å². The van der Waals surface area contributed by atoms with Crippen molar-refractivity contribution < 1.29 is 63.4 Å². The topological polar surface area (TPSA) is 115 Å². The number of Topliss-reactive ketones (excluding diaryl/α,β-unsaturated/α-hetero) is 1. The van der Waals surface area contributed by atoms with Crippen LogP contribution in [0.5, 0.6) is 0 Å². The van der Waals surface area contributed by atoms with Gasteiger partial charge in [-0.3, -0.25) is 4.98 Å². The second-order valence-electron chi connectivity index (χ2n) is 18.6. The van der Waals surface area contributed by atoms with E-state index in [4.69, 9.17) is 18.4 Å². The largest absolute Gasteiger partial charge is 0.472 e. The van der Waals surface area contributed by atoms with E-state index in [-0.39, 0.29) is 68.0 Å². The van der Waals surface area contributed by atoms with Crippen molar-refractivity contribution in [3.63, 3.8) is 0 Å². The number of ketones is 1. The average Bonchev–Trinajstić information content (AvgIpc) is 4.05. The van der Waals surface area contributed by atoms with Crippen molar-refractivity contribution in [3.05, 3.63) is 175 Å². The summed E-state index contributed by atoms with van der Waals surface area (Å²) in [6, 6.07) is 39.4. The summed E-state index contributed by atoms with van der Waals surface area (Å²) in [5.41, 5.74) is 12.9. The maximum Gasteiger partial charge on any atom is 0.392 e. The number of carbonyl (C=O) groups is 1. The minimum Gasteiger partial charge on any atom is -0.472 e. The molecule has 10 heteroatoms. The van der Waals surface area contributed by atoms with Gasteiger partial charge in [-0.2, -0.15) is 0 Å². The van der Waals surface area contributed by atoms with Crippen LogP contribution in [0.2, 0.25) is 0 Å². The van der Waals surface area contributed by atoms with Crippen LogP contribution in [0.3, 0.4) is 0 Å². The minimum atomic E-state index is -0.250. The molecular weight excluding hydrogens is 1180 g/mol. The molecule has 8 nitrogen and oxygen atoms in total. The number of allylic oxidation sites excluding steroid dienone is 2. The van der Waals surface area contributed by atoms with Crippen LogP contribution in [-0.2, 0) is 61.3 Å². The number of furan rings is 3. The smallest absolute Gasteiger partial charge is 0.392 e. The molecule has 0 saturated heterocycles. The van der Waals surface area contributed by atoms with Gasteiger partial charge in [-0.1, -0.05) is 86.6 Å². The van der Waals surface area contributed by atoms with E-state index < -0.39 is 0 Å². The van der Waals surface area contributed by atoms with Crippen LogP contribution < -0.4 is 0 Å². The molecule has 3 aromatic carbocycles. The van der Waals surface area contributed by atoms with Crippen molar-refractivity contribution in [2.45, 2.75) is 92.4 Å². The van der Waals surface area contributed by atoms with Gasteiger partial charge >= 0.3 is 17.6 Å². The van der Waals surface area contributed by atoms with Crippen LogP contribution in [0.15, 0.2) is 153 Å². The van der Waals surface area contributed by atoms with Crippen LogP contribution in [0.25, 0.3) is 66.7 Å². The molecule has 6 aromatic heterocycles. The van der Waals surface area contributed by atoms with E-state index in [0.29, 0.717) is 0 Å². The third kappa shape index (κ3) is 13.6. The Hall–Kier alpha value is -5.85. The van der Waals surface area contributed by atoms with Gasteiger partial charge in [0.05, 0.1) is 31.4 Å². The number of nitrogens with zero attached hydrogens (tertiary/aromatic N) is 3. The van der Waals surface area contributed by atoms with Gasteiger partial charge in [0.1, 0.15) is 16.7 Å². The van der Waals surface area contributed by atoms with E-state index in [9.17, 15) is 4.79 Å². The SMILES string of the molecule is CC(=O)[C+]=C(C)O.CC(C)(C)c1c[c-]c(-c2nccc3occc23)cc1.CC(C)(C)c1c[c-]c(-c2nccc3occc23)cc1.CC(C)(C)c1ccc(-c2nccc3occc23)cc1.[Ir].[Ir]. The molecule has 2 radical (unpaired) electrons. The normalized spacial score (nSPS) is 11.4. The summed E-state index contributed by atoms with van der Waals surface area (Å²) < 4.78 is 16.2. The van der Waals surface area contributed by atoms with Crippen LogP contribution in [0.4, 0.5) is 0 Å². The third-order valence-electron chi connectivity index (χ3n) is 10.4. The number of aliphatic hydroxyl groups excluding tert-OH is 1. The average molecular weight is 1240 g/mol. The van der Waals surface area contributed by atoms with Crippen molar-refractivity contribution in [1.29, 1.82) is 0 Å². The third-order valence-corrected chi connectivity index (χ3v) is 10.4. The summed E-state index contributed by atoms with van der Waals surface area (Å²) in [6.45, 7) is 22.6. The zero-order chi connectivity index (χ0) is 46.2. The molecule has 9 aromatic rings. The fraction of sp³-hybridized carbons (Fsp3) is 0.250.